The van der Waals surface area contributed by atoms with Crippen molar-refractivity contribution in [3.8, 4) is 27.9 Å². The Bertz CT molecular complexity index is 4010. The summed E-state index contributed by atoms with van der Waals surface area (Å²) in [5.41, 5.74) is 26.8. The van der Waals surface area contributed by atoms with Crippen LogP contribution >= 0.6 is 0 Å². The molecule has 0 saturated carbocycles. The Morgan fingerprint density at radius 3 is 1.67 bits per heavy atom. The average Bonchev–Trinajstić information content (AvgIpc) is 4.12. The summed E-state index contributed by atoms with van der Waals surface area (Å²) >= 11 is 0. The van der Waals surface area contributed by atoms with Crippen LogP contribution in [0.4, 0.5) is 0 Å². The Morgan fingerprint density at radius 2 is 1.06 bits per heavy atom. The number of hydrogen-bond acceptors (Lipinski definition) is 0. The predicted molar refractivity (Wildman–Crippen MR) is 336 cm³/mol. The molecule has 12 rings (SSSR count). The summed E-state index contributed by atoms with van der Waals surface area (Å²) in [6.07, 6.45) is 17.1. The van der Waals surface area contributed by atoms with Crippen LogP contribution in [0.5, 0.6) is 0 Å². The molecule has 8 aromatic carbocycles. The van der Waals surface area contributed by atoms with E-state index >= 15 is 0 Å². The van der Waals surface area contributed by atoms with Crippen molar-refractivity contribution >= 4 is 29.9 Å². The average molecular weight is 1010 g/mol. The fourth-order valence-electron chi connectivity index (χ4n) is 12.6. The van der Waals surface area contributed by atoms with Gasteiger partial charge in [-0.25, -0.2) is 0 Å². The van der Waals surface area contributed by atoms with E-state index in [2.05, 4.69) is 296 Å². The van der Waals surface area contributed by atoms with Gasteiger partial charge in [0.25, 0.3) is 0 Å². The van der Waals surface area contributed by atoms with Gasteiger partial charge in [0.1, 0.15) is 0 Å². The van der Waals surface area contributed by atoms with E-state index in [0.717, 1.165) is 38.6 Å². The van der Waals surface area contributed by atoms with Gasteiger partial charge >= 0.3 is 0 Å². The first-order valence-corrected chi connectivity index (χ1v) is 27.2. The van der Waals surface area contributed by atoms with Crippen molar-refractivity contribution < 1.29 is 0 Å². The van der Waals surface area contributed by atoms with Crippen molar-refractivity contribution in [2.24, 2.45) is 0 Å². The Morgan fingerprint density at radius 1 is 0.526 bits per heavy atom. The summed E-state index contributed by atoms with van der Waals surface area (Å²) in [4.78, 5) is 0. The molecule has 1 atom stereocenters. The quantitative estimate of drug-likeness (QED) is 0.100. The minimum absolute atomic E-state index is 0.259. The molecule has 1 spiro atoms. The molecule has 1 unspecified atom stereocenters. The number of aromatic nitrogens is 1. The van der Waals surface area contributed by atoms with E-state index in [1.54, 1.807) is 0 Å². The molecule has 0 radical (unpaired) electrons. The summed E-state index contributed by atoms with van der Waals surface area (Å²) in [5, 5.41) is 2.09. The summed E-state index contributed by atoms with van der Waals surface area (Å²) < 4.78 is 2.42. The standard InChI is InChI=1S/C46H39N.C27H22.C4H8/c1-6-8-28-42-33(4)34(5)44(31-35(7-2)36-20-17-19-32(3)30-36)47(42)43-29-18-27-41-45(43)39-25-15-16-26-40(39)46(41,37-21-11-9-12-22-37)38-23-13-10-14-24-38;1-4-10-23-19(5-2)20-11-6-8-13-24(20)27(23)25-14-9-7-12-21(25)22-16-15-18(3)17-26(22)27;1-4(2)3/h6-31H,2,4H2,1,3,5H3;4-17H,2H2,1,3H3;1H2,2-3H3/b8-6-,35-31+,42-28+;10-4-;. The minimum Gasteiger partial charge on any atom is -0.309 e. The third-order valence-electron chi connectivity index (χ3n) is 15.7. The molecule has 0 fully saturated rings. The first-order valence-electron chi connectivity index (χ1n) is 27.2. The maximum Gasteiger partial charge on any atom is 0.0725 e. The number of allylic oxidation sites excluding steroid dienone is 10. The maximum atomic E-state index is 4.62. The van der Waals surface area contributed by atoms with Crippen LogP contribution in [0, 0.1) is 20.8 Å². The zero-order chi connectivity index (χ0) is 54.7. The van der Waals surface area contributed by atoms with E-state index in [-0.39, 0.29) is 5.41 Å². The van der Waals surface area contributed by atoms with Gasteiger partial charge in [-0.05, 0) is 161 Å². The molecule has 9 aromatic rings. The fraction of sp³-hybridized carbons (Fsp3) is 0.117. The molecule has 0 bridgehead atoms. The summed E-state index contributed by atoms with van der Waals surface area (Å²) in [7, 11) is 0. The molecule has 0 N–H and O–H groups in total. The molecule has 0 amide bonds. The van der Waals surface area contributed by atoms with Gasteiger partial charge in [-0.15, -0.1) is 6.58 Å². The smallest absolute Gasteiger partial charge is 0.0725 e. The Balaban J connectivity index is 0.000000187. The van der Waals surface area contributed by atoms with Crippen molar-refractivity contribution in [1.82, 2.24) is 4.57 Å². The zero-order valence-electron chi connectivity index (χ0n) is 46.4. The summed E-state index contributed by atoms with van der Waals surface area (Å²) in [5.74, 6) is 0. The van der Waals surface area contributed by atoms with Gasteiger partial charge in [0, 0.05) is 5.56 Å². The van der Waals surface area contributed by atoms with Gasteiger partial charge in [0.2, 0.25) is 0 Å². The Labute approximate surface area is 463 Å². The molecule has 1 aromatic heterocycles. The largest absolute Gasteiger partial charge is 0.309 e. The molecule has 382 valence electrons. The van der Waals surface area contributed by atoms with Crippen molar-refractivity contribution in [2.75, 3.05) is 0 Å². The topological polar surface area (TPSA) is 4.93 Å². The SMILES string of the molecule is C=C(C)C.C=C/C(=C\c1c(C)c(=C)/c(=C\C=C/C)n1-c1cccc2c1-c1ccccc1C2(c1ccccc1)c1ccccc1)c1cccc(C)c1.C=CC1=C(/C=C\C)C2(c3ccccc31)c1ccccc1-c1ccc(C)cc12. The van der Waals surface area contributed by atoms with E-state index < -0.39 is 5.41 Å². The van der Waals surface area contributed by atoms with Crippen molar-refractivity contribution in [2.45, 2.75) is 59.3 Å². The van der Waals surface area contributed by atoms with E-state index in [1.165, 1.54) is 94.6 Å². The lowest BCUT2D eigenvalue weighted by Crippen LogP contribution is -2.29. The first kappa shape index (κ1) is 52.4. The Kier molecular flexibility index (Phi) is 14.7. The number of nitrogens with zero attached hydrogens (tertiary/aromatic N) is 1. The molecule has 3 aliphatic carbocycles. The highest BCUT2D eigenvalue weighted by atomic mass is 15.0. The molecule has 1 heterocycles. The molecular formula is C77H69N. The lowest BCUT2D eigenvalue weighted by Gasteiger charge is -2.34. The lowest BCUT2D eigenvalue weighted by molar-refractivity contribution is 0.767. The van der Waals surface area contributed by atoms with Gasteiger partial charge in [-0.1, -0.05) is 261 Å². The van der Waals surface area contributed by atoms with E-state index in [0.29, 0.717) is 0 Å². The van der Waals surface area contributed by atoms with Gasteiger partial charge in [0.05, 0.1) is 27.6 Å². The van der Waals surface area contributed by atoms with E-state index in [4.69, 9.17) is 0 Å². The number of hydrogen-bond donors (Lipinski definition) is 0. The molecule has 78 heavy (non-hydrogen) atoms. The second kappa shape index (κ2) is 21.9. The first-order chi connectivity index (χ1) is 38.0. The monoisotopic (exact) mass is 1010 g/mol. The third-order valence-corrected chi connectivity index (χ3v) is 15.7. The molecular weight excluding hydrogens is 939 g/mol. The number of benzene rings is 8. The van der Waals surface area contributed by atoms with Crippen molar-refractivity contribution in [3.63, 3.8) is 0 Å². The second-order valence-corrected chi connectivity index (χ2v) is 20.9. The second-order valence-electron chi connectivity index (χ2n) is 20.9. The fourth-order valence-corrected chi connectivity index (χ4v) is 12.6. The normalized spacial score (nSPS) is 15.5. The van der Waals surface area contributed by atoms with Gasteiger partial charge in [-0.2, -0.15) is 0 Å². The van der Waals surface area contributed by atoms with Crippen LogP contribution in [0.15, 0.2) is 261 Å². The number of rotatable bonds is 9. The molecule has 0 aliphatic heterocycles. The van der Waals surface area contributed by atoms with E-state index in [1.807, 2.05) is 26.0 Å². The minimum atomic E-state index is -0.475. The van der Waals surface area contributed by atoms with Crippen LogP contribution in [0.1, 0.15) is 100 Å². The Hall–Kier alpha value is -9.04. The van der Waals surface area contributed by atoms with E-state index in [9.17, 15) is 0 Å². The van der Waals surface area contributed by atoms with Crippen molar-refractivity contribution in [1.29, 1.82) is 0 Å². The molecule has 3 aliphatic rings. The van der Waals surface area contributed by atoms with Crippen LogP contribution in [-0.4, -0.2) is 4.57 Å². The van der Waals surface area contributed by atoms with Crippen LogP contribution < -0.4 is 10.6 Å². The summed E-state index contributed by atoms with van der Waals surface area (Å²) in [6, 6.07) is 70.9. The molecule has 1 heteroatoms. The summed E-state index contributed by atoms with van der Waals surface area (Å²) in [6.45, 7) is 31.2. The van der Waals surface area contributed by atoms with Crippen molar-refractivity contribution in [3.05, 3.63) is 344 Å². The van der Waals surface area contributed by atoms with Gasteiger partial charge in [-0.3, -0.25) is 0 Å². The van der Waals surface area contributed by atoms with Crippen LogP contribution in [0.2, 0.25) is 0 Å². The maximum absolute atomic E-state index is 4.62. The van der Waals surface area contributed by atoms with Crippen LogP contribution in [-0.2, 0) is 10.8 Å². The predicted octanol–water partition coefficient (Wildman–Crippen LogP) is 18.4. The van der Waals surface area contributed by atoms with Crippen LogP contribution in [0.3, 0.4) is 0 Å². The van der Waals surface area contributed by atoms with Gasteiger partial charge in [0.15, 0.2) is 0 Å². The highest BCUT2D eigenvalue weighted by Gasteiger charge is 2.52. The third kappa shape index (κ3) is 8.61. The lowest BCUT2D eigenvalue weighted by atomic mass is 9.68. The molecule has 0 saturated heterocycles. The van der Waals surface area contributed by atoms with Gasteiger partial charge < -0.3 is 4.57 Å². The van der Waals surface area contributed by atoms with Crippen LogP contribution in [0.25, 0.3) is 57.8 Å². The highest BCUT2D eigenvalue weighted by Crippen LogP contribution is 2.62. The highest BCUT2D eigenvalue weighted by molar-refractivity contribution is 5.98. The number of aryl methyl sites for hydroxylation is 2. The number of fused-ring (bicyclic) bond motifs is 10. The molecule has 1 nitrogen and oxygen atoms in total. The zero-order valence-corrected chi connectivity index (χ0v) is 46.4.